The van der Waals surface area contributed by atoms with E-state index in [1.807, 2.05) is 0 Å². The molecule has 1 heterocycles. The molecule has 0 spiro atoms. The van der Waals surface area contributed by atoms with Gasteiger partial charge in [0.15, 0.2) is 0 Å². The van der Waals surface area contributed by atoms with Crippen molar-refractivity contribution in [3.05, 3.63) is 17.5 Å². The molecule has 0 aliphatic carbocycles. The molecular weight excluding hydrogens is 210 g/mol. The number of aryl methyl sites for hydroxylation is 1. The predicted octanol–water partition coefficient (Wildman–Crippen LogP) is 0.322. The first-order chi connectivity index (χ1) is 7.47. The van der Waals surface area contributed by atoms with Crippen molar-refractivity contribution in [1.82, 2.24) is 15.1 Å². The lowest BCUT2D eigenvalue weighted by Crippen LogP contribution is -2.40. The van der Waals surface area contributed by atoms with E-state index in [0.29, 0.717) is 17.7 Å². The summed E-state index contributed by atoms with van der Waals surface area (Å²) in [5, 5.41) is 15.2. The smallest absolute Gasteiger partial charge is 0.326 e. The summed E-state index contributed by atoms with van der Waals surface area (Å²) in [5.74, 6) is -1.43. The summed E-state index contributed by atoms with van der Waals surface area (Å²) in [6.07, 6.45) is 1.78. The Labute approximate surface area is 93.3 Å². The lowest BCUT2D eigenvalue weighted by atomic mass is 10.2. The largest absolute Gasteiger partial charge is 0.480 e. The lowest BCUT2D eigenvalue weighted by Gasteiger charge is -2.11. The van der Waals surface area contributed by atoms with Crippen LogP contribution >= 0.6 is 0 Å². The van der Waals surface area contributed by atoms with Crippen molar-refractivity contribution in [3.63, 3.8) is 0 Å². The quantitative estimate of drug-likeness (QED) is 0.773. The molecule has 0 aliphatic heterocycles. The van der Waals surface area contributed by atoms with E-state index in [9.17, 15) is 9.59 Å². The normalized spacial score (nSPS) is 12.2. The van der Waals surface area contributed by atoms with E-state index in [1.165, 1.54) is 6.20 Å². The molecule has 1 aromatic heterocycles. The number of carboxylic acid groups (broad SMARTS) is 1. The number of aromatic nitrogens is 2. The van der Waals surface area contributed by atoms with Crippen molar-refractivity contribution in [3.8, 4) is 0 Å². The molecule has 0 aliphatic rings. The van der Waals surface area contributed by atoms with Crippen LogP contribution < -0.4 is 5.32 Å². The summed E-state index contributed by atoms with van der Waals surface area (Å²) in [5.41, 5.74) is 1.11. The van der Waals surface area contributed by atoms with Gasteiger partial charge in [0, 0.05) is 12.7 Å². The Kier molecular flexibility index (Phi) is 3.65. The third-order valence-electron chi connectivity index (χ3n) is 2.49. The Hall–Kier alpha value is -1.85. The molecule has 0 saturated heterocycles. The zero-order valence-corrected chi connectivity index (χ0v) is 9.52. The zero-order chi connectivity index (χ0) is 12.3. The molecule has 2 N–H and O–H groups in total. The van der Waals surface area contributed by atoms with Gasteiger partial charge in [-0.05, 0) is 13.3 Å². The summed E-state index contributed by atoms with van der Waals surface area (Å²) < 4.78 is 1.57. The van der Waals surface area contributed by atoms with Crippen molar-refractivity contribution < 1.29 is 14.7 Å². The van der Waals surface area contributed by atoms with E-state index in [4.69, 9.17) is 5.11 Å². The average Bonchev–Trinajstić information content (AvgIpc) is 2.55. The molecule has 1 unspecified atom stereocenters. The molecule has 1 amide bonds. The van der Waals surface area contributed by atoms with Gasteiger partial charge in [-0.3, -0.25) is 9.48 Å². The van der Waals surface area contributed by atoms with Crippen molar-refractivity contribution in [2.24, 2.45) is 7.05 Å². The summed E-state index contributed by atoms with van der Waals surface area (Å²) in [6.45, 7) is 3.46. The number of carbonyl (C=O) groups is 2. The van der Waals surface area contributed by atoms with Crippen LogP contribution in [0.2, 0.25) is 0 Å². The summed E-state index contributed by atoms with van der Waals surface area (Å²) in [4.78, 5) is 22.5. The van der Waals surface area contributed by atoms with E-state index >= 15 is 0 Å². The van der Waals surface area contributed by atoms with E-state index in [2.05, 4.69) is 10.4 Å². The van der Waals surface area contributed by atoms with E-state index in [0.717, 1.165) is 0 Å². The van der Waals surface area contributed by atoms with Gasteiger partial charge in [0.25, 0.3) is 5.91 Å². The second-order valence-corrected chi connectivity index (χ2v) is 3.54. The van der Waals surface area contributed by atoms with Gasteiger partial charge in [-0.1, -0.05) is 6.92 Å². The molecule has 0 radical (unpaired) electrons. The minimum Gasteiger partial charge on any atom is -0.480 e. The SMILES string of the molecule is CCC(NC(=O)c1cnn(C)c1C)C(=O)O. The second kappa shape index (κ2) is 4.78. The molecule has 1 atom stereocenters. The van der Waals surface area contributed by atoms with Crippen LogP contribution in [0.5, 0.6) is 0 Å². The topological polar surface area (TPSA) is 84.2 Å². The first kappa shape index (κ1) is 12.2. The highest BCUT2D eigenvalue weighted by Crippen LogP contribution is 2.06. The Morgan fingerprint density at radius 1 is 1.62 bits per heavy atom. The number of rotatable bonds is 4. The van der Waals surface area contributed by atoms with Gasteiger partial charge >= 0.3 is 5.97 Å². The molecule has 0 fully saturated rings. The lowest BCUT2D eigenvalue weighted by molar-refractivity contribution is -0.139. The number of aliphatic carboxylic acids is 1. The monoisotopic (exact) mass is 225 g/mol. The number of amides is 1. The fourth-order valence-electron chi connectivity index (χ4n) is 1.30. The highest BCUT2D eigenvalue weighted by Gasteiger charge is 2.20. The van der Waals surface area contributed by atoms with Crippen LogP contribution in [0.25, 0.3) is 0 Å². The fourth-order valence-corrected chi connectivity index (χ4v) is 1.30. The fraction of sp³-hybridized carbons (Fsp3) is 0.500. The number of hydrogen-bond acceptors (Lipinski definition) is 3. The van der Waals surface area contributed by atoms with Crippen molar-refractivity contribution in [2.45, 2.75) is 26.3 Å². The van der Waals surface area contributed by atoms with Gasteiger partial charge in [-0.25, -0.2) is 4.79 Å². The molecule has 0 saturated carbocycles. The zero-order valence-electron chi connectivity index (χ0n) is 9.52. The minimum atomic E-state index is -1.03. The Morgan fingerprint density at radius 3 is 2.62 bits per heavy atom. The minimum absolute atomic E-state index is 0.348. The van der Waals surface area contributed by atoms with Crippen LogP contribution in [0.15, 0.2) is 6.20 Å². The van der Waals surface area contributed by atoms with E-state index in [1.54, 1.807) is 25.6 Å². The average molecular weight is 225 g/mol. The van der Waals surface area contributed by atoms with Crippen LogP contribution in [-0.4, -0.2) is 32.8 Å². The molecular formula is C10H15N3O3. The summed E-state index contributed by atoms with van der Waals surface area (Å²) in [7, 11) is 1.72. The molecule has 0 aromatic carbocycles. The number of nitrogens with zero attached hydrogens (tertiary/aromatic N) is 2. The van der Waals surface area contributed by atoms with Gasteiger partial charge < -0.3 is 10.4 Å². The third-order valence-corrected chi connectivity index (χ3v) is 2.49. The van der Waals surface area contributed by atoms with Crippen LogP contribution in [0.4, 0.5) is 0 Å². The van der Waals surface area contributed by atoms with Gasteiger partial charge in [0.2, 0.25) is 0 Å². The van der Waals surface area contributed by atoms with E-state index < -0.39 is 17.9 Å². The number of nitrogens with one attached hydrogen (secondary N) is 1. The van der Waals surface area contributed by atoms with Crippen LogP contribution in [0.1, 0.15) is 29.4 Å². The van der Waals surface area contributed by atoms with Crippen LogP contribution in [-0.2, 0) is 11.8 Å². The van der Waals surface area contributed by atoms with Crippen LogP contribution in [0, 0.1) is 6.92 Å². The Balaban J connectivity index is 2.80. The maximum absolute atomic E-state index is 11.7. The Morgan fingerprint density at radius 2 is 2.25 bits per heavy atom. The molecule has 88 valence electrons. The molecule has 0 bridgehead atoms. The maximum Gasteiger partial charge on any atom is 0.326 e. The van der Waals surface area contributed by atoms with E-state index in [-0.39, 0.29) is 0 Å². The van der Waals surface area contributed by atoms with Crippen molar-refractivity contribution >= 4 is 11.9 Å². The van der Waals surface area contributed by atoms with Gasteiger partial charge in [0.05, 0.1) is 11.8 Å². The van der Waals surface area contributed by atoms with Crippen molar-refractivity contribution in [1.29, 1.82) is 0 Å². The molecule has 16 heavy (non-hydrogen) atoms. The second-order valence-electron chi connectivity index (χ2n) is 3.54. The molecule has 1 aromatic rings. The predicted molar refractivity (Wildman–Crippen MR) is 57.1 cm³/mol. The van der Waals surface area contributed by atoms with Gasteiger partial charge in [-0.2, -0.15) is 5.10 Å². The third kappa shape index (κ3) is 2.39. The number of carbonyl (C=O) groups excluding carboxylic acids is 1. The number of hydrogen-bond donors (Lipinski definition) is 2. The number of carboxylic acids is 1. The first-order valence-corrected chi connectivity index (χ1v) is 4.99. The first-order valence-electron chi connectivity index (χ1n) is 4.99. The molecule has 6 heteroatoms. The summed E-state index contributed by atoms with van der Waals surface area (Å²) >= 11 is 0. The van der Waals surface area contributed by atoms with Gasteiger partial charge in [-0.15, -0.1) is 0 Å². The van der Waals surface area contributed by atoms with Crippen LogP contribution in [0.3, 0.4) is 0 Å². The summed E-state index contributed by atoms with van der Waals surface area (Å²) in [6, 6.07) is -0.855. The standard InChI is InChI=1S/C10H15N3O3/c1-4-8(10(15)16)12-9(14)7-5-11-13(3)6(7)2/h5,8H,4H2,1-3H3,(H,12,14)(H,15,16). The maximum atomic E-state index is 11.7. The Bertz CT molecular complexity index is 411. The van der Waals surface area contributed by atoms with Crippen molar-refractivity contribution in [2.75, 3.05) is 0 Å². The molecule has 1 rings (SSSR count). The molecule has 6 nitrogen and oxygen atoms in total. The highest BCUT2D eigenvalue weighted by atomic mass is 16.4. The highest BCUT2D eigenvalue weighted by molar-refractivity contribution is 5.97. The van der Waals surface area contributed by atoms with Gasteiger partial charge in [0.1, 0.15) is 6.04 Å².